The maximum Gasteiger partial charge on any atom is 0.243 e. The van der Waals surface area contributed by atoms with Crippen LogP contribution in [0, 0.1) is 12.3 Å². The molecule has 3 rings (SSSR count). The first-order valence-electron chi connectivity index (χ1n) is 7.58. The van der Waals surface area contributed by atoms with Gasteiger partial charge < -0.3 is 4.74 Å². The fourth-order valence-electron chi connectivity index (χ4n) is 3.64. The Morgan fingerprint density at radius 3 is 2.24 bits per heavy atom. The van der Waals surface area contributed by atoms with Crippen LogP contribution in [0.4, 0.5) is 0 Å². The number of nitrogens with zero attached hydrogens (tertiary/aromatic N) is 1. The van der Waals surface area contributed by atoms with Crippen molar-refractivity contribution in [3.05, 3.63) is 29.8 Å². The normalized spacial score (nSPS) is 25.7. The van der Waals surface area contributed by atoms with Crippen molar-refractivity contribution in [2.75, 3.05) is 20.2 Å². The van der Waals surface area contributed by atoms with E-state index in [0.29, 0.717) is 24.1 Å². The van der Waals surface area contributed by atoms with Crippen LogP contribution >= 0.6 is 0 Å². The second kappa shape index (κ2) is 5.38. The highest BCUT2D eigenvalue weighted by atomic mass is 32.2. The molecular weight excluding hydrogens is 286 g/mol. The van der Waals surface area contributed by atoms with Crippen LogP contribution in [0.1, 0.15) is 31.2 Å². The Morgan fingerprint density at radius 2 is 1.76 bits per heavy atom. The van der Waals surface area contributed by atoms with Crippen LogP contribution in [0.15, 0.2) is 29.2 Å². The Kier molecular flexibility index (Phi) is 3.84. The molecule has 1 atom stereocenters. The zero-order valence-corrected chi connectivity index (χ0v) is 13.5. The van der Waals surface area contributed by atoms with E-state index in [1.54, 1.807) is 23.5 Å². The smallest absolute Gasteiger partial charge is 0.243 e. The lowest BCUT2D eigenvalue weighted by molar-refractivity contribution is -0.113. The van der Waals surface area contributed by atoms with E-state index in [9.17, 15) is 8.42 Å². The maximum atomic E-state index is 12.7. The largest absolute Gasteiger partial charge is 0.381 e. The van der Waals surface area contributed by atoms with Gasteiger partial charge in [0.2, 0.25) is 10.0 Å². The Hall–Kier alpha value is -0.910. The Morgan fingerprint density at radius 1 is 1.14 bits per heavy atom. The summed E-state index contributed by atoms with van der Waals surface area (Å²) < 4.78 is 32.5. The van der Waals surface area contributed by atoms with Gasteiger partial charge in [-0.05, 0) is 50.2 Å². The van der Waals surface area contributed by atoms with Gasteiger partial charge in [0.25, 0.3) is 0 Å². The van der Waals surface area contributed by atoms with Gasteiger partial charge in [0.15, 0.2) is 0 Å². The predicted octanol–water partition coefficient (Wildman–Crippen LogP) is 2.57. The predicted molar refractivity (Wildman–Crippen MR) is 81.6 cm³/mol. The summed E-state index contributed by atoms with van der Waals surface area (Å²) in [6, 6.07) is 7.11. The molecule has 1 heterocycles. The molecular formula is C16H23NO3S. The van der Waals surface area contributed by atoms with Gasteiger partial charge in [-0.3, -0.25) is 0 Å². The van der Waals surface area contributed by atoms with Crippen molar-refractivity contribution >= 4 is 10.0 Å². The van der Waals surface area contributed by atoms with Gasteiger partial charge in [-0.25, -0.2) is 8.42 Å². The molecule has 1 aliphatic heterocycles. The third-order valence-corrected chi connectivity index (χ3v) is 7.16. The summed E-state index contributed by atoms with van der Waals surface area (Å²) in [5, 5.41) is 0. The summed E-state index contributed by atoms with van der Waals surface area (Å²) in [4.78, 5) is 0.404. The van der Waals surface area contributed by atoms with E-state index in [2.05, 4.69) is 0 Å². The highest BCUT2D eigenvalue weighted by molar-refractivity contribution is 7.89. The second-order valence-electron chi connectivity index (χ2n) is 6.34. The first kappa shape index (κ1) is 15.0. The van der Waals surface area contributed by atoms with Crippen molar-refractivity contribution < 1.29 is 13.2 Å². The fraction of sp³-hybridized carbons (Fsp3) is 0.625. The maximum absolute atomic E-state index is 12.7. The number of hydrogen-bond donors (Lipinski definition) is 0. The molecule has 116 valence electrons. The number of benzene rings is 1. The molecule has 0 unspecified atom stereocenters. The second-order valence-corrected chi connectivity index (χ2v) is 8.28. The van der Waals surface area contributed by atoms with Crippen LogP contribution in [0.3, 0.4) is 0 Å². The average molecular weight is 309 g/mol. The number of hydrogen-bond acceptors (Lipinski definition) is 3. The molecule has 1 aromatic carbocycles. The van der Waals surface area contributed by atoms with E-state index in [-0.39, 0.29) is 5.41 Å². The molecule has 21 heavy (non-hydrogen) atoms. The van der Waals surface area contributed by atoms with Crippen molar-refractivity contribution in [1.82, 2.24) is 4.31 Å². The van der Waals surface area contributed by atoms with Crippen molar-refractivity contribution in [3.63, 3.8) is 0 Å². The van der Waals surface area contributed by atoms with Crippen LogP contribution in [0.2, 0.25) is 0 Å². The zero-order valence-electron chi connectivity index (χ0n) is 12.7. The minimum Gasteiger partial charge on any atom is -0.381 e. The van der Waals surface area contributed by atoms with Gasteiger partial charge in [0.05, 0.1) is 11.0 Å². The van der Waals surface area contributed by atoms with Crippen LogP contribution in [0.5, 0.6) is 0 Å². The van der Waals surface area contributed by atoms with E-state index in [4.69, 9.17) is 4.74 Å². The van der Waals surface area contributed by atoms with Crippen LogP contribution in [-0.2, 0) is 14.8 Å². The lowest BCUT2D eigenvalue weighted by atomic mass is 9.61. The number of aryl methyl sites for hydroxylation is 1. The van der Waals surface area contributed by atoms with Gasteiger partial charge in [-0.2, -0.15) is 4.31 Å². The molecule has 5 heteroatoms. The topological polar surface area (TPSA) is 46.6 Å². The van der Waals surface area contributed by atoms with Gasteiger partial charge in [-0.15, -0.1) is 0 Å². The first-order chi connectivity index (χ1) is 9.98. The van der Waals surface area contributed by atoms with Crippen LogP contribution in [0.25, 0.3) is 0 Å². The van der Waals surface area contributed by atoms with E-state index < -0.39 is 10.0 Å². The van der Waals surface area contributed by atoms with Gasteiger partial charge >= 0.3 is 0 Å². The molecule has 1 aromatic rings. The summed E-state index contributed by atoms with van der Waals surface area (Å²) in [5.74, 6) is 0. The molecule has 1 aliphatic carbocycles. The average Bonchev–Trinajstić information content (AvgIpc) is 2.47. The number of rotatable bonds is 3. The number of sulfonamides is 1. The molecule has 1 saturated heterocycles. The molecule has 1 saturated carbocycles. The molecule has 4 nitrogen and oxygen atoms in total. The van der Waals surface area contributed by atoms with E-state index in [1.165, 1.54) is 6.42 Å². The Bertz CT molecular complexity index is 599. The van der Waals surface area contributed by atoms with Crippen LogP contribution in [-0.4, -0.2) is 39.0 Å². The van der Waals surface area contributed by atoms with E-state index >= 15 is 0 Å². The molecule has 1 spiro atoms. The quantitative estimate of drug-likeness (QED) is 0.862. The molecule has 0 aromatic heterocycles. The highest BCUT2D eigenvalue weighted by Crippen LogP contribution is 2.50. The summed E-state index contributed by atoms with van der Waals surface area (Å²) in [5.41, 5.74) is 1.30. The summed E-state index contributed by atoms with van der Waals surface area (Å²) in [6.45, 7) is 3.18. The fourth-order valence-corrected chi connectivity index (χ4v) is 5.08. The lowest BCUT2D eigenvalue weighted by Crippen LogP contribution is -2.53. The summed E-state index contributed by atoms with van der Waals surface area (Å²) in [6.07, 6.45) is 4.43. The van der Waals surface area contributed by atoms with Crippen molar-refractivity contribution in [2.45, 2.75) is 43.6 Å². The summed E-state index contributed by atoms with van der Waals surface area (Å²) in [7, 11) is -1.58. The standard InChI is InChI=1S/C16H23NO3S/c1-13-3-5-14(6-4-13)21(18,19)17-11-9-16(10-12-17)8-7-15(16)20-2/h3-6,15H,7-12H2,1-2H3/t15-/m0/s1. The number of ether oxygens (including phenoxy) is 1. The van der Waals surface area contributed by atoms with Crippen LogP contribution < -0.4 is 0 Å². The monoisotopic (exact) mass is 309 g/mol. The van der Waals surface area contributed by atoms with Crippen molar-refractivity contribution in [2.24, 2.45) is 5.41 Å². The molecule has 0 radical (unpaired) electrons. The lowest BCUT2D eigenvalue weighted by Gasteiger charge is -2.52. The van der Waals surface area contributed by atoms with Gasteiger partial charge in [0, 0.05) is 20.2 Å². The number of piperidine rings is 1. The first-order valence-corrected chi connectivity index (χ1v) is 9.02. The van der Waals surface area contributed by atoms with Crippen molar-refractivity contribution in [1.29, 1.82) is 0 Å². The zero-order chi connectivity index (χ0) is 15.1. The molecule has 0 bridgehead atoms. The minimum atomic E-state index is -3.34. The highest BCUT2D eigenvalue weighted by Gasteiger charge is 2.49. The summed E-state index contributed by atoms with van der Waals surface area (Å²) >= 11 is 0. The third kappa shape index (κ3) is 2.51. The van der Waals surface area contributed by atoms with Gasteiger partial charge in [-0.1, -0.05) is 17.7 Å². The Labute approximate surface area is 127 Å². The van der Waals surface area contributed by atoms with E-state index in [0.717, 1.165) is 24.8 Å². The third-order valence-electron chi connectivity index (χ3n) is 5.25. The minimum absolute atomic E-state index is 0.230. The Balaban J connectivity index is 1.73. The molecule has 0 N–H and O–H groups in total. The SMILES string of the molecule is CO[C@H]1CCC12CCN(S(=O)(=O)c1ccc(C)cc1)CC2. The van der Waals surface area contributed by atoms with E-state index in [1.807, 2.05) is 19.1 Å². The van der Waals surface area contributed by atoms with Crippen molar-refractivity contribution in [3.8, 4) is 0 Å². The molecule has 2 fully saturated rings. The number of methoxy groups -OCH3 is 1. The van der Waals surface area contributed by atoms with Gasteiger partial charge in [0.1, 0.15) is 0 Å². The molecule has 2 aliphatic rings. The molecule has 0 amide bonds.